The Balaban J connectivity index is 1.47. The van der Waals surface area contributed by atoms with Gasteiger partial charge in [0.25, 0.3) is 5.56 Å². The predicted molar refractivity (Wildman–Crippen MR) is 113 cm³/mol. The van der Waals surface area contributed by atoms with Crippen LogP contribution in [0.25, 0.3) is 10.9 Å². The third-order valence-electron chi connectivity index (χ3n) is 5.87. The van der Waals surface area contributed by atoms with Gasteiger partial charge in [0.15, 0.2) is 0 Å². The fourth-order valence-electron chi connectivity index (χ4n) is 4.21. The number of fused-ring (bicyclic) bond motifs is 1. The van der Waals surface area contributed by atoms with Gasteiger partial charge in [-0.25, -0.2) is 9.36 Å². The van der Waals surface area contributed by atoms with Crippen molar-refractivity contribution >= 4 is 16.8 Å². The van der Waals surface area contributed by atoms with Crippen LogP contribution < -0.4 is 11.2 Å². The van der Waals surface area contributed by atoms with Gasteiger partial charge < -0.3 is 9.88 Å². The summed E-state index contributed by atoms with van der Waals surface area (Å²) in [7, 11) is 0. The van der Waals surface area contributed by atoms with Crippen LogP contribution in [0.4, 0.5) is 0 Å². The zero-order valence-electron chi connectivity index (χ0n) is 16.5. The van der Waals surface area contributed by atoms with Crippen molar-refractivity contribution in [2.24, 2.45) is 5.92 Å². The van der Waals surface area contributed by atoms with Gasteiger partial charge in [0.1, 0.15) is 6.04 Å². The van der Waals surface area contributed by atoms with Crippen LogP contribution in [0, 0.1) is 5.92 Å². The predicted octanol–water partition coefficient (Wildman–Crippen LogP) is 2.73. The number of carbonyl (C=O) groups is 1. The number of likely N-dealkylation sites (tertiary alicyclic amines) is 1. The van der Waals surface area contributed by atoms with Gasteiger partial charge >= 0.3 is 5.69 Å². The van der Waals surface area contributed by atoms with Gasteiger partial charge in [-0.1, -0.05) is 42.5 Å². The maximum absolute atomic E-state index is 13.0. The van der Waals surface area contributed by atoms with Crippen molar-refractivity contribution in [3.63, 3.8) is 0 Å². The van der Waals surface area contributed by atoms with Gasteiger partial charge in [0.2, 0.25) is 5.91 Å². The van der Waals surface area contributed by atoms with E-state index in [1.165, 1.54) is 5.56 Å². The lowest BCUT2D eigenvalue weighted by Crippen LogP contribution is -2.47. The normalized spacial score (nSPS) is 16.1. The van der Waals surface area contributed by atoms with Crippen LogP contribution in [-0.4, -0.2) is 33.4 Å². The van der Waals surface area contributed by atoms with Gasteiger partial charge in [0, 0.05) is 13.1 Å². The molecule has 1 aliphatic heterocycles. The number of hydrogen-bond acceptors (Lipinski definition) is 3. The van der Waals surface area contributed by atoms with Crippen molar-refractivity contribution in [1.29, 1.82) is 0 Å². The molecule has 0 aliphatic carbocycles. The number of H-pyrrole nitrogens is 1. The lowest BCUT2D eigenvalue weighted by atomic mass is 9.90. The van der Waals surface area contributed by atoms with Crippen molar-refractivity contribution in [2.45, 2.75) is 32.2 Å². The van der Waals surface area contributed by atoms with Crippen LogP contribution in [0.2, 0.25) is 0 Å². The Hall–Kier alpha value is -3.15. The van der Waals surface area contributed by atoms with Crippen LogP contribution in [0.1, 0.15) is 31.4 Å². The molecule has 1 aromatic heterocycles. The molecule has 0 spiro atoms. The molecule has 2 aromatic carbocycles. The molecule has 4 rings (SSSR count). The van der Waals surface area contributed by atoms with E-state index in [9.17, 15) is 14.4 Å². The van der Waals surface area contributed by atoms with Crippen LogP contribution in [0.3, 0.4) is 0 Å². The van der Waals surface area contributed by atoms with Crippen LogP contribution in [-0.2, 0) is 11.2 Å². The zero-order valence-corrected chi connectivity index (χ0v) is 16.5. The molecule has 29 heavy (non-hydrogen) atoms. The molecule has 2 heterocycles. The average molecular weight is 391 g/mol. The number of aromatic nitrogens is 2. The Morgan fingerprint density at radius 3 is 2.41 bits per heavy atom. The van der Waals surface area contributed by atoms with Gasteiger partial charge in [-0.05, 0) is 49.8 Å². The van der Waals surface area contributed by atoms with E-state index in [1.807, 2.05) is 6.07 Å². The number of benzene rings is 2. The summed E-state index contributed by atoms with van der Waals surface area (Å²) in [6.07, 6.45) is 2.87. The number of carbonyl (C=O) groups excluding carboxylic acids is 1. The SMILES string of the molecule is C[C@@H](C(=O)N1CCC(Cc2ccccc2)CC1)n1c(=O)[nH]c2ccccc2c1=O. The maximum Gasteiger partial charge on any atom is 0.329 e. The number of amides is 1. The standard InChI is InChI=1S/C23H25N3O3/c1-16(26-22(28)19-9-5-6-10-20(19)24-23(26)29)21(27)25-13-11-18(12-14-25)15-17-7-3-2-4-8-17/h2-10,16,18H,11-15H2,1H3,(H,24,29)/t16-/m0/s1. The summed E-state index contributed by atoms with van der Waals surface area (Å²) < 4.78 is 1.04. The first-order valence-electron chi connectivity index (χ1n) is 10.1. The van der Waals surface area contributed by atoms with E-state index in [-0.39, 0.29) is 5.91 Å². The summed E-state index contributed by atoms with van der Waals surface area (Å²) in [5.74, 6) is 0.370. The Morgan fingerprint density at radius 2 is 1.69 bits per heavy atom. The molecule has 0 radical (unpaired) electrons. The fraction of sp³-hybridized carbons (Fsp3) is 0.348. The maximum atomic E-state index is 13.0. The Kier molecular flexibility index (Phi) is 5.34. The highest BCUT2D eigenvalue weighted by atomic mass is 16.2. The van der Waals surface area contributed by atoms with Gasteiger partial charge in [-0.15, -0.1) is 0 Å². The smallest absolute Gasteiger partial charge is 0.329 e. The Morgan fingerprint density at radius 1 is 1.03 bits per heavy atom. The van der Waals surface area contributed by atoms with Crippen LogP contribution >= 0.6 is 0 Å². The van der Waals surface area contributed by atoms with Gasteiger partial charge in [-0.3, -0.25) is 9.59 Å². The second kappa shape index (κ2) is 8.07. The Bertz CT molecular complexity index is 1130. The molecule has 0 unspecified atom stereocenters. The van der Waals surface area contributed by atoms with E-state index in [1.54, 1.807) is 36.1 Å². The largest absolute Gasteiger partial charge is 0.341 e. The first kappa shape index (κ1) is 19.2. The second-order valence-corrected chi connectivity index (χ2v) is 7.79. The number of piperidine rings is 1. The highest BCUT2D eigenvalue weighted by molar-refractivity contribution is 5.81. The third kappa shape index (κ3) is 3.88. The highest BCUT2D eigenvalue weighted by Gasteiger charge is 2.28. The van der Waals surface area contributed by atoms with Crippen molar-refractivity contribution in [3.05, 3.63) is 81.0 Å². The molecule has 1 aliphatic rings. The molecular formula is C23H25N3O3. The molecule has 6 heteroatoms. The van der Waals surface area contributed by atoms with Crippen molar-refractivity contribution in [1.82, 2.24) is 14.5 Å². The number of para-hydroxylation sites is 1. The summed E-state index contributed by atoms with van der Waals surface area (Å²) in [5, 5.41) is 0.410. The molecule has 3 aromatic rings. The number of nitrogens with zero attached hydrogens (tertiary/aromatic N) is 2. The van der Waals surface area contributed by atoms with E-state index in [4.69, 9.17) is 0 Å². The molecule has 1 amide bonds. The second-order valence-electron chi connectivity index (χ2n) is 7.79. The van der Waals surface area contributed by atoms with E-state index in [0.717, 1.165) is 23.8 Å². The first-order valence-corrected chi connectivity index (χ1v) is 10.1. The minimum atomic E-state index is -0.832. The van der Waals surface area contributed by atoms with Crippen molar-refractivity contribution in [3.8, 4) is 0 Å². The zero-order chi connectivity index (χ0) is 20.4. The minimum Gasteiger partial charge on any atom is -0.341 e. The lowest BCUT2D eigenvalue weighted by Gasteiger charge is -2.33. The summed E-state index contributed by atoms with van der Waals surface area (Å²) in [4.78, 5) is 42.8. The van der Waals surface area contributed by atoms with Crippen molar-refractivity contribution < 1.29 is 4.79 Å². The molecule has 1 saturated heterocycles. The third-order valence-corrected chi connectivity index (χ3v) is 5.87. The number of rotatable bonds is 4. The molecular weight excluding hydrogens is 366 g/mol. The Labute approximate surface area is 168 Å². The van der Waals surface area contributed by atoms with Crippen molar-refractivity contribution in [2.75, 3.05) is 13.1 Å². The van der Waals surface area contributed by atoms with Crippen LogP contribution in [0.5, 0.6) is 0 Å². The van der Waals surface area contributed by atoms with E-state index < -0.39 is 17.3 Å². The van der Waals surface area contributed by atoms with Gasteiger partial charge in [0.05, 0.1) is 10.9 Å². The van der Waals surface area contributed by atoms with E-state index in [2.05, 4.69) is 29.2 Å². The monoisotopic (exact) mass is 391 g/mol. The quantitative estimate of drug-likeness (QED) is 0.743. The van der Waals surface area contributed by atoms with E-state index in [0.29, 0.717) is 29.9 Å². The molecule has 1 fully saturated rings. The highest BCUT2D eigenvalue weighted by Crippen LogP contribution is 2.23. The number of hydrogen-bond donors (Lipinski definition) is 1. The van der Waals surface area contributed by atoms with Crippen LogP contribution in [0.15, 0.2) is 64.2 Å². The number of aromatic amines is 1. The molecule has 1 atom stereocenters. The molecule has 0 bridgehead atoms. The summed E-state index contributed by atoms with van der Waals surface area (Å²) in [6.45, 7) is 2.94. The first-order chi connectivity index (χ1) is 14.0. The minimum absolute atomic E-state index is 0.175. The summed E-state index contributed by atoms with van der Waals surface area (Å²) in [5.41, 5.74) is 0.831. The fourth-order valence-corrected chi connectivity index (χ4v) is 4.21. The molecule has 1 N–H and O–H groups in total. The average Bonchev–Trinajstić information content (AvgIpc) is 2.74. The lowest BCUT2D eigenvalue weighted by molar-refractivity contribution is -0.135. The summed E-state index contributed by atoms with van der Waals surface area (Å²) >= 11 is 0. The topological polar surface area (TPSA) is 75.2 Å². The number of nitrogens with one attached hydrogen (secondary N) is 1. The van der Waals surface area contributed by atoms with E-state index >= 15 is 0 Å². The molecule has 150 valence electrons. The molecule has 0 saturated carbocycles. The van der Waals surface area contributed by atoms with Gasteiger partial charge in [-0.2, -0.15) is 0 Å². The molecule has 6 nitrogen and oxygen atoms in total. The summed E-state index contributed by atoms with van der Waals surface area (Å²) in [6, 6.07) is 16.4.